The number of hydrogen-bond acceptors (Lipinski definition) is 3. The highest BCUT2D eigenvalue weighted by Gasteiger charge is 2.17. The van der Waals surface area contributed by atoms with Gasteiger partial charge in [0, 0.05) is 25.0 Å². The molecule has 2 aromatic heterocycles. The lowest BCUT2D eigenvalue weighted by Crippen LogP contribution is -2.09. The van der Waals surface area contributed by atoms with E-state index >= 15 is 0 Å². The number of ether oxygens (including phenoxy) is 1. The van der Waals surface area contributed by atoms with E-state index < -0.39 is 5.97 Å². The highest BCUT2D eigenvalue weighted by Crippen LogP contribution is 2.23. The Morgan fingerprint density at radius 2 is 2.10 bits per heavy atom. The number of carbonyl (C=O) groups excluding carboxylic acids is 1. The molecule has 0 radical (unpaired) electrons. The number of aryl methyl sites for hydroxylation is 1. The van der Waals surface area contributed by atoms with Crippen LogP contribution in [0.1, 0.15) is 17.4 Å². The Balaban J connectivity index is 2.07. The number of imidazole rings is 2. The summed E-state index contributed by atoms with van der Waals surface area (Å²) in [5.41, 5.74) is 1.35. The largest absolute Gasteiger partial charge is 0.461 e. The molecule has 0 atom stereocenters. The van der Waals surface area contributed by atoms with Gasteiger partial charge >= 0.3 is 5.97 Å². The molecule has 21 heavy (non-hydrogen) atoms. The molecule has 3 aromatic rings. The minimum Gasteiger partial charge on any atom is -0.461 e. The minimum atomic E-state index is -0.405. The van der Waals surface area contributed by atoms with Gasteiger partial charge in [0.25, 0.3) is 0 Å². The molecule has 0 fully saturated rings. The van der Waals surface area contributed by atoms with Crippen molar-refractivity contribution in [3.05, 3.63) is 48.2 Å². The second-order valence-corrected chi connectivity index (χ2v) is 4.61. The Morgan fingerprint density at radius 3 is 2.76 bits per heavy atom. The minimum absolute atomic E-state index is 0.312. The molecule has 0 N–H and O–H groups in total. The van der Waals surface area contributed by atoms with Crippen LogP contribution in [0.15, 0.2) is 36.7 Å². The third kappa shape index (κ3) is 2.18. The average Bonchev–Trinajstić information content (AvgIpc) is 3.00. The van der Waals surface area contributed by atoms with Gasteiger partial charge < -0.3 is 9.30 Å². The molecule has 5 nitrogen and oxygen atoms in total. The Hall–Kier alpha value is -2.63. The average molecular weight is 287 g/mol. The van der Waals surface area contributed by atoms with Crippen molar-refractivity contribution in [2.24, 2.45) is 7.05 Å². The third-order valence-electron chi connectivity index (χ3n) is 3.27. The molecular formula is C15H14FN3O2. The summed E-state index contributed by atoms with van der Waals surface area (Å²) < 4.78 is 22.1. The van der Waals surface area contributed by atoms with Crippen molar-refractivity contribution in [3.63, 3.8) is 0 Å². The van der Waals surface area contributed by atoms with Gasteiger partial charge in [-0.05, 0) is 19.1 Å². The fourth-order valence-corrected chi connectivity index (χ4v) is 2.25. The maximum atomic E-state index is 13.8. The molecule has 0 saturated heterocycles. The summed E-state index contributed by atoms with van der Waals surface area (Å²) >= 11 is 0. The molecule has 0 saturated carbocycles. The van der Waals surface area contributed by atoms with Crippen molar-refractivity contribution in [1.82, 2.24) is 14.0 Å². The quantitative estimate of drug-likeness (QED) is 0.696. The highest BCUT2D eigenvalue weighted by atomic mass is 19.1. The number of hydrogen-bond donors (Lipinski definition) is 0. The smallest absolute Gasteiger partial charge is 0.356 e. The second kappa shape index (κ2) is 5.05. The lowest BCUT2D eigenvalue weighted by molar-refractivity contribution is 0.0515. The Labute approximate surface area is 120 Å². The van der Waals surface area contributed by atoms with Gasteiger partial charge in [-0.1, -0.05) is 12.1 Å². The summed E-state index contributed by atoms with van der Waals surface area (Å²) in [5, 5.41) is 0. The summed E-state index contributed by atoms with van der Waals surface area (Å²) in [7, 11) is 1.72. The number of aromatic nitrogens is 3. The molecule has 3 rings (SSSR count). The van der Waals surface area contributed by atoms with E-state index in [9.17, 15) is 9.18 Å². The van der Waals surface area contributed by atoms with Crippen LogP contribution in [0.2, 0.25) is 0 Å². The molecule has 0 aliphatic heterocycles. The van der Waals surface area contributed by atoms with E-state index in [0.29, 0.717) is 29.3 Å². The summed E-state index contributed by atoms with van der Waals surface area (Å²) in [6, 6.07) is 6.45. The zero-order chi connectivity index (χ0) is 15.0. The van der Waals surface area contributed by atoms with Gasteiger partial charge in [-0.2, -0.15) is 0 Å². The van der Waals surface area contributed by atoms with Gasteiger partial charge in [0.05, 0.1) is 12.3 Å². The first-order chi connectivity index (χ1) is 10.1. The molecule has 1 aromatic carbocycles. The molecule has 0 spiro atoms. The van der Waals surface area contributed by atoms with Crippen LogP contribution in [-0.2, 0) is 11.8 Å². The van der Waals surface area contributed by atoms with Crippen molar-refractivity contribution in [1.29, 1.82) is 0 Å². The molecule has 2 heterocycles. The topological polar surface area (TPSA) is 48.5 Å². The fourth-order valence-electron chi connectivity index (χ4n) is 2.25. The maximum Gasteiger partial charge on any atom is 0.356 e. The van der Waals surface area contributed by atoms with Crippen molar-refractivity contribution < 1.29 is 13.9 Å². The first-order valence-corrected chi connectivity index (χ1v) is 6.58. The van der Waals surface area contributed by atoms with E-state index in [1.807, 2.05) is 0 Å². The highest BCUT2D eigenvalue weighted by molar-refractivity contribution is 5.88. The van der Waals surface area contributed by atoms with Crippen molar-refractivity contribution in [2.45, 2.75) is 6.92 Å². The molecule has 0 aliphatic carbocycles. The van der Waals surface area contributed by atoms with Crippen LogP contribution in [0.5, 0.6) is 0 Å². The van der Waals surface area contributed by atoms with Gasteiger partial charge in [-0.3, -0.25) is 4.40 Å². The number of halogens is 1. The standard InChI is InChI=1S/C15H14FN3O2/c1-3-21-14(20)13-9-19-8-12(17-15(19)18(13)2)10-6-4-5-7-11(10)16/h4-9H,3H2,1-2H3. The molecule has 0 bridgehead atoms. The second-order valence-electron chi connectivity index (χ2n) is 4.61. The zero-order valence-electron chi connectivity index (χ0n) is 11.7. The summed E-state index contributed by atoms with van der Waals surface area (Å²) in [5.74, 6) is -0.180. The van der Waals surface area contributed by atoms with Crippen LogP contribution < -0.4 is 0 Å². The fraction of sp³-hybridized carbons (Fsp3) is 0.200. The molecule has 0 amide bonds. The lowest BCUT2D eigenvalue weighted by Gasteiger charge is -2.02. The molecular weight excluding hydrogens is 273 g/mol. The Morgan fingerprint density at radius 1 is 1.33 bits per heavy atom. The maximum absolute atomic E-state index is 13.8. The Kier molecular flexibility index (Phi) is 3.21. The van der Waals surface area contributed by atoms with Crippen LogP contribution in [0.25, 0.3) is 17.0 Å². The number of carbonyl (C=O) groups is 1. The third-order valence-corrected chi connectivity index (χ3v) is 3.27. The van der Waals surface area contributed by atoms with E-state index in [1.54, 1.807) is 53.5 Å². The van der Waals surface area contributed by atoms with Crippen LogP contribution in [0.3, 0.4) is 0 Å². The summed E-state index contributed by atoms with van der Waals surface area (Å²) in [6.45, 7) is 2.06. The van der Waals surface area contributed by atoms with E-state index in [4.69, 9.17) is 4.74 Å². The van der Waals surface area contributed by atoms with E-state index in [2.05, 4.69) is 4.98 Å². The normalized spacial score (nSPS) is 11.0. The van der Waals surface area contributed by atoms with Gasteiger partial charge in [-0.15, -0.1) is 0 Å². The monoisotopic (exact) mass is 287 g/mol. The molecule has 6 heteroatoms. The predicted molar refractivity (Wildman–Crippen MR) is 75.5 cm³/mol. The van der Waals surface area contributed by atoms with Gasteiger partial charge in [0.1, 0.15) is 11.5 Å². The van der Waals surface area contributed by atoms with Crippen molar-refractivity contribution in [3.8, 4) is 11.3 Å². The summed E-state index contributed by atoms with van der Waals surface area (Å²) in [4.78, 5) is 16.2. The van der Waals surface area contributed by atoms with Crippen LogP contribution in [-0.4, -0.2) is 26.5 Å². The summed E-state index contributed by atoms with van der Waals surface area (Å²) in [6.07, 6.45) is 3.32. The van der Waals surface area contributed by atoms with Crippen molar-refractivity contribution >= 4 is 11.7 Å². The Bertz CT molecular complexity index is 820. The van der Waals surface area contributed by atoms with Crippen LogP contribution >= 0.6 is 0 Å². The SMILES string of the molecule is CCOC(=O)c1cn2cc(-c3ccccc3F)nc2n1C. The van der Waals surface area contributed by atoms with E-state index in [0.717, 1.165) is 0 Å². The van der Waals surface area contributed by atoms with Crippen molar-refractivity contribution in [2.75, 3.05) is 6.61 Å². The number of fused-ring (bicyclic) bond motifs is 1. The first kappa shape index (κ1) is 13.4. The predicted octanol–water partition coefficient (Wildman–Crippen LogP) is 2.66. The first-order valence-electron chi connectivity index (χ1n) is 6.58. The van der Waals surface area contributed by atoms with E-state index in [-0.39, 0.29) is 5.82 Å². The number of benzene rings is 1. The zero-order valence-corrected chi connectivity index (χ0v) is 11.7. The molecule has 0 aliphatic rings. The van der Waals surface area contributed by atoms with Gasteiger partial charge in [0.15, 0.2) is 0 Å². The number of rotatable bonds is 3. The number of esters is 1. The molecule has 0 unspecified atom stereocenters. The lowest BCUT2D eigenvalue weighted by atomic mass is 10.1. The van der Waals surface area contributed by atoms with Gasteiger partial charge in [0.2, 0.25) is 5.78 Å². The molecule has 108 valence electrons. The van der Waals surface area contributed by atoms with Gasteiger partial charge in [-0.25, -0.2) is 14.2 Å². The van der Waals surface area contributed by atoms with E-state index in [1.165, 1.54) is 6.07 Å². The number of nitrogens with zero attached hydrogens (tertiary/aromatic N) is 3. The van der Waals surface area contributed by atoms with Crippen LogP contribution in [0.4, 0.5) is 4.39 Å². The van der Waals surface area contributed by atoms with Crippen LogP contribution in [0, 0.1) is 5.82 Å².